The van der Waals surface area contributed by atoms with Crippen LogP contribution >= 0.6 is 0 Å². The van der Waals surface area contributed by atoms with Gasteiger partial charge in [-0.2, -0.15) is 0 Å². The Morgan fingerprint density at radius 1 is 0.880 bits per heavy atom. The molecule has 3 aromatic carbocycles. The lowest BCUT2D eigenvalue weighted by Gasteiger charge is -2.11. The second kappa shape index (κ2) is 6.97. The van der Waals surface area contributed by atoms with Crippen LogP contribution in [-0.2, 0) is 0 Å². The zero-order chi connectivity index (χ0) is 17.8. The lowest BCUT2D eigenvalue weighted by Crippen LogP contribution is -2.07. The summed E-state index contributed by atoms with van der Waals surface area (Å²) in [6.45, 7) is 0. The van der Waals surface area contributed by atoms with Gasteiger partial charge >= 0.3 is 0 Å². The summed E-state index contributed by atoms with van der Waals surface area (Å²) < 4.78 is 5.31. The first-order valence-corrected chi connectivity index (χ1v) is 7.64. The minimum atomic E-state index is -0.516. The van der Waals surface area contributed by atoms with Gasteiger partial charge in [0.25, 0.3) is 5.69 Å². The Kier molecular flexibility index (Phi) is 4.57. The molecule has 0 fully saturated rings. The minimum absolute atomic E-state index is 0.0552. The predicted octanol–water partition coefficient (Wildman–Crippen LogP) is 4.50. The Balaban J connectivity index is 2.23. The van der Waals surface area contributed by atoms with Gasteiger partial charge in [0.05, 0.1) is 17.6 Å². The predicted molar refractivity (Wildman–Crippen MR) is 95.0 cm³/mol. The van der Waals surface area contributed by atoms with Gasteiger partial charge in [0.1, 0.15) is 11.3 Å². The minimum Gasteiger partial charge on any atom is -0.496 e. The van der Waals surface area contributed by atoms with Crippen LogP contribution in [-0.4, -0.2) is 17.8 Å². The number of para-hydroxylation sites is 2. The summed E-state index contributed by atoms with van der Waals surface area (Å²) in [7, 11) is 1.50. The number of ketones is 1. The molecule has 5 heteroatoms. The molecule has 3 aromatic rings. The maximum atomic E-state index is 12.8. The van der Waals surface area contributed by atoms with Crippen LogP contribution in [0.4, 0.5) is 5.69 Å². The topological polar surface area (TPSA) is 69.4 Å². The normalized spacial score (nSPS) is 10.3. The Bertz CT molecular complexity index is 935. The van der Waals surface area contributed by atoms with E-state index in [2.05, 4.69) is 0 Å². The van der Waals surface area contributed by atoms with Crippen molar-refractivity contribution in [1.29, 1.82) is 0 Å². The van der Waals surface area contributed by atoms with Crippen molar-refractivity contribution in [3.63, 3.8) is 0 Å². The Hall–Kier alpha value is -3.47. The van der Waals surface area contributed by atoms with Crippen molar-refractivity contribution in [2.45, 2.75) is 0 Å². The highest BCUT2D eigenvalue weighted by molar-refractivity contribution is 6.13. The van der Waals surface area contributed by atoms with Crippen LogP contribution in [0.25, 0.3) is 11.1 Å². The number of nitro groups is 1. The number of hydrogen-bond donors (Lipinski definition) is 0. The maximum absolute atomic E-state index is 12.8. The van der Waals surface area contributed by atoms with Crippen LogP contribution in [0.1, 0.15) is 15.9 Å². The van der Waals surface area contributed by atoms with Crippen molar-refractivity contribution in [1.82, 2.24) is 0 Å². The van der Waals surface area contributed by atoms with E-state index in [1.807, 2.05) is 0 Å². The molecule has 0 N–H and O–H groups in total. The fourth-order valence-electron chi connectivity index (χ4n) is 2.75. The van der Waals surface area contributed by atoms with Gasteiger partial charge in [-0.25, -0.2) is 0 Å². The van der Waals surface area contributed by atoms with E-state index in [1.54, 1.807) is 66.7 Å². The van der Waals surface area contributed by atoms with E-state index in [1.165, 1.54) is 13.2 Å². The van der Waals surface area contributed by atoms with Crippen LogP contribution < -0.4 is 4.74 Å². The number of methoxy groups -OCH3 is 1. The number of nitro benzene ring substituents is 1. The lowest BCUT2D eigenvalue weighted by molar-refractivity contribution is -0.384. The fourth-order valence-corrected chi connectivity index (χ4v) is 2.75. The molecule has 0 radical (unpaired) electrons. The molecule has 0 unspecified atom stereocenters. The molecule has 0 aliphatic rings. The highest BCUT2D eigenvalue weighted by Gasteiger charge is 2.27. The summed E-state index contributed by atoms with van der Waals surface area (Å²) >= 11 is 0. The first-order valence-electron chi connectivity index (χ1n) is 7.64. The van der Waals surface area contributed by atoms with Crippen molar-refractivity contribution in [3.8, 4) is 16.9 Å². The van der Waals surface area contributed by atoms with E-state index in [0.717, 1.165) is 0 Å². The molecule has 0 aromatic heterocycles. The smallest absolute Gasteiger partial charge is 0.288 e. The fraction of sp³-hybridized carbons (Fsp3) is 0.0500. The van der Waals surface area contributed by atoms with Gasteiger partial charge in [0.2, 0.25) is 0 Å². The number of ether oxygens (including phenoxy) is 1. The molecule has 0 spiro atoms. The molecule has 0 amide bonds. The third kappa shape index (κ3) is 3.12. The molecule has 0 aliphatic heterocycles. The van der Waals surface area contributed by atoms with Crippen molar-refractivity contribution in [2.24, 2.45) is 0 Å². The second-order valence-corrected chi connectivity index (χ2v) is 5.35. The highest BCUT2D eigenvalue weighted by Crippen LogP contribution is 2.38. The number of nitrogens with zero attached hydrogens (tertiary/aromatic N) is 1. The summed E-state index contributed by atoms with van der Waals surface area (Å²) in [6, 6.07) is 20.3. The molecule has 5 nitrogen and oxygen atoms in total. The first kappa shape index (κ1) is 16.4. The first-order chi connectivity index (χ1) is 12.1. The number of rotatable bonds is 5. The second-order valence-electron chi connectivity index (χ2n) is 5.35. The number of carbonyl (C=O) groups is 1. The van der Waals surface area contributed by atoms with Crippen molar-refractivity contribution in [3.05, 3.63) is 94.0 Å². The molecule has 0 atom stereocenters. The molecular formula is C20H15NO4. The van der Waals surface area contributed by atoms with Crippen molar-refractivity contribution in [2.75, 3.05) is 7.11 Å². The van der Waals surface area contributed by atoms with Gasteiger partial charge in [-0.15, -0.1) is 0 Å². The van der Waals surface area contributed by atoms with Gasteiger partial charge in [0.15, 0.2) is 5.78 Å². The summed E-state index contributed by atoms with van der Waals surface area (Å²) in [4.78, 5) is 24.0. The average Bonchev–Trinajstić information content (AvgIpc) is 2.67. The van der Waals surface area contributed by atoms with E-state index >= 15 is 0 Å². The van der Waals surface area contributed by atoms with Gasteiger partial charge < -0.3 is 4.74 Å². The number of benzene rings is 3. The van der Waals surface area contributed by atoms with Crippen LogP contribution in [0.2, 0.25) is 0 Å². The Morgan fingerprint density at radius 2 is 1.52 bits per heavy atom. The molecule has 0 saturated carbocycles. The van der Waals surface area contributed by atoms with E-state index in [9.17, 15) is 14.9 Å². The van der Waals surface area contributed by atoms with Gasteiger partial charge in [-0.3, -0.25) is 14.9 Å². The number of carbonyl (C=O) groups excluding carboxylic acids is 1. The van der Waals surface area contributed by atoms with Crippen LogP contribution in [0.5, 0.6) is 5.75 Å². The zero-order valence-corrected chi connectivity index (χ0v) is 13.5. The van der Waals surface area contributed by atoms with Crippen LogP contribution in [0.15, 0.2) is 72.8 Å². The number of hydrogen-bond acceptors (Lipinski definition) is 4. The molecule has 0 bridgehead atoms. The molecular weight excluding hydrogens is 318 g/mol. The molecule has 0 saturated heterocycles. The summed E-state index contributed by atoms with van der Waals surface area (Å²) in [5, 5.41) is 11.8. The van der Waals surface area contributed by atoms with Crippen molar-refractivity contribution >= 4 is 11.5 Å². The zero-order valence-electron chi connectivity index (χ0n) is 13.5. The summed E-state index contributed by atoms with van der Waals surface area (Å²) in [5.41, 5.74) is 1.16. The lowest BCUT2D eigenvalue weighted by atomic mass is 9.95. The van der Waals surface area contributed by atoms with E-state index in [4.69, 9.17) is 4.74 Å². The maximum Gasteiger partial charge on any atom is 0.288 e. The molecule has 3 rings (SSSR count). The van der Waals surface area contributed by atoms with Gasteiger partial charge in [-0.1, -0.05) is 54.6 Å². The highest BCUT2D eigenvalue weighted by atomic mass is 16.6. The average molecular weight is 333 g/mol. The van der Waals surface area contributed by atoms with E-state index < -0.39 is 4.92 Å². The van der Waals surface area contributed by atoms with Crippen LogP contribution in [0.3, 0.4) is 0 Å². The SMILES string of the molecule is COc1ccccc1-c1cccc(C(=O)c2ccccc2)c1[N+](=O)[O-]. The molecule has 0 aliphatic carbocycles. The molecule has 124 valence electrons. The Morgan fingerprint density at radius 3 is 2.20 bits per heavy atom. The van der Waals surface area contributed by atoms with Crippen LogP contribution in [0, 0.1) is 10.1 Å². The van der Waals surface area contributed by atoms with Gasteiger partial charge in [0, 0.05) is 11.1 Å². The molecule has 25 heavy (non-hydrogen) atoms. The van der Waals surface area contributed by atoms with E-state index in [0.29, 0.717) is 22.4 Å². The van der Waals surface area contributed by atoms with Gasteiger partial charge in [-0.05, 0) is 18.2 Å². The summed E-state index contributed by atoms with van der Waals surface area (Å²) in [5.74, 6) is 0.124. The molecule has 0 heterocycles. The van der Waals surface area contributed by atoms with Crippen molar-refractivity contribution < 1.29 is 14.5 Å². The Labute approximate surface area is 144 Å². The largest absolute Gasteiger partial charge is 0.496 e. The standard InChI is InChI=1S/C20H15NO4/c1-25-18-13-6-5-10-15(18)16-11-7-12-17(19(16)21(23)24)20(22)14-8-3-2-4-9-14/h2-13H,1H3. The third-order valence-electron chi connectivity index (χ3n) is 3.90. The third-order valence-corrected chi connectivity index (χ3v) is 3.90. The summed E-state index contributed by atoms with van der Waals surface area (Å²) in [6.07, 6.45) is 0. The quantitative estimate of drug-likeness (QED) is 0.391. The monoisotopic (exact) mass is 333 g/mol. The van der Waals surface area contributed by atoms with E-state index in [-0.39, 0.29) is 17.0 Å².